The van der Waals surface area contributed by atoms with E-state index in [2.05, 4.69) is 18.4 Å². The second kappa shape index (κ2) is 7.54. The lowest BCUT2D eigenvalue weighted by Gasteiger charge is -2.08. The summed E-state index contributed by atoms with van der Waals surface area (Å²) in [6, 6.07) is 9.82. The van der Waals surface area contributed by atoms with Crippen LogP contribution in [0.4, 0.5) is 0 Å². The lowest BCUT2D eigenvalue weighted by Crippen LogP contribution is -2.06. The van der Waals surface area contributed by atoms with Gasteiger partial charge in [-0.2, -0.15) is 0 Å². The SMILES string of the molecule is CCCn1c(C)cc(C(=O)CSc2cccc(OC)c2)c1C. The van der Waals surface area contributed by atoms with Crippen molar-refractivity contribution in [1.29, 1.82) is 0 Å². The van der Waals surface area contributed by atoms with Crippen LogP contribution in [0.2, 0.25) is 0 Å². The molecule has 2 rings (SSSR count). The van der Waals surface area contributed by atoms with Crippen molar-refractivity contribution in [3.8, 4) is 5.75 Å². The van der Waals surface area contributed by atoms with Gasteiger partial charge in [-0.3, -0.25) is 4.79 Å². The topological polar surface area (TPSA) is 31.2 Å². The number of aryl methyl sites for hydroxylation is 1. The van der Waals surface area contributed by atoms with Crippen molar-refractivity contribution in [2.24, 2.45) is 0 Å². The molecule has 118 valence electrons. The maximum Gasteiger partial charge on any atom is 0.174 e. The van der Waals surface area contributed by atoms with Crippen LogP contribution < -0.4 is 4.74 Å². The molecule has 1 aromatic heterocycles. The second-order valence-electron chi connectivity index (χ2n) is 5.33. The predicted molar refractivity (Wildman–Crippen MR) is 92.2 cm³/mol. The summed E-state index contributed by atoms with van der Waals surface area (Å²) in [5.74, 6) is 1.45. The Bertz CT molecular complexity index is 661. The van der Waals surface area contributed by atoms with Crippen LogP contribution in [-0.2, 0) is 6.54 Å². The monoisotopic (exact) mass is 317 g/mol. The van der Waals surface area contributed by atoms with Crippen molar-refractivity contribution >= 4 is 17.5 Å². The van der Waals surface area contributed by atoms with Gasteiger partial charge in [-0.1, -0.05) is 13.0 Å². The number of carbonyl (C=O) groups is 1. The van der Waals surface area contributed by atoms with Crippen LogP contribution in [0, 0.1) is 13.8 Å². The van der Waals surface area contributed by atoms with Gasteiger partial charge in [0.05, 0.1) is 12.9 Å². The Morgan fingerprint density at radius 2 is 2.05 bits per heavy atom. The first-order valence-electron chi connectivity index (χ1n) is 7.53. The summed E-state index contributed by atoms with van der Waals surface area (Å²) in [6.07, 6.45) is 1.07. The summed E-state index contributed by atoms with van der Waals surface area (Å²) < 4.78 is 7.44. The molecule has 3 nitrogen and oxygen atoms in total. The van der Waals surface area contributed by atoms with Gasteiger partial charge < -0.3 is 9.30 Å². The van der Waals surface area contributed by atoms with Gasteiger partial charge in [-0.05, 0) is 44.5 Å². The number of hydrogen-bond acceptors (Lipinski definition) is 3. The van der Waals surface area contributed by atoms with Crippen molar-refractivity contribution in [2.75, 3.05) is 12.9 Å². The highest BCUT2D eigenvalue weighted by atomic mass is 32.2. The van der Waals surface area contributed by atoms with Crippen LogP contribution in [0.15, 0.2) is 35.2 Å². The van der Waals surface area contributed by atoms with Crippen molar-refractivity contribution < 1.29 is 9.53 Å². The highest BCUT2D eigenvalue weighted by molar-refractivity contribution is 8.00. The van der Waals surface area contributed by atoms with Gasteiger partial charge in [0.1, 0.15) is 5.75 Å². The molecule has 0 N–H and O–H groups in total. The number of aromatic nitrogens is 1. The standard InChI is InChI=1S/C18H23NO2S/c1-5-9-19-13(2)10-17(14(19)3)18(20)12-22-16-8-6-7-15(11-16)21-4/h6-8,10-11H,5,9,12H2,1-4H3. The van der Waals surface area contributed by atoms with Crippen LogP contribution in [-0.4, -0.2) is 23.2 Å². The van der Waals surface area contributed by atoms with Gasteiger partial charge in [0.15, 0.2) is 5.78 Å². The van der Waals surface area contributed by atoms with E-state index in [0.29, 0.717) is 5.75 Å². The van der Waals surface area contributed by atoms with Gasteiger partial charge in [-0.25, -0.2) is 0 Å². The molecule has 0 unspecified atom stereocenters. The molecule has 0 saturated heterocycles. The molecular weight excluding hydrogens is 294 g/mol. The zero-order chi connectivity index (χ0) is 16.1. The summed E-state index contributed by atoms with van der Waals surface area (Å²) in [7, 11) is 1.65. The predicted octanol–water partition coefficient (Wildman–Crippen LogP) is 4.50. The van der Waals surface area contributed by atoms with E-state index in [4.69, 9.17) is 4.74 Å². The fourth-order valence-corrected chi connectivity index (χ4v) is 3.40. The number of thioether (sulfide) groups is 1. The minimum atomic E-state index is 0.184. The third-order valence-corrected chi connectivity index (χ3v) is 4.73. The van der Waals surface area contributed by atoms with Crippen LogP contribution >= 0.6 is 11.8 Å². The fourth-order valence-electron chi connectivity index (χ4n) is 2.57. The lowest BCUT2D eigenvalue weighted by molar-refractivity contribution is 0.102. The molecule has 0 bridgehead atoms. The number of Topliss-reactive ketones (excluding diaryl/α,β-unsaturated/α-hetero) is 1. The molecule has 0 aliphatic rings. The Morgan fingerprint density at radius 3 is 2.73 bits per heavy atom. The number of methoxy groups -OCH3 is 1. The minimum Gasteiger partial charge on any atom is -0.497 e. The van der Waals surface area contributed by atoms with Crippen LogP contribution in [0.1, 0.15) is 35.1 Å². The Hall–Kier alpha value is -1.68. The molecule has 1 aromatic carbocycles. The molecule has 1 heterocycles. The number of carbonyl (C=O) groups excluding carboxylic acids is 1. The first-order chi connectivity index (χ1) is 10.6. The third kappa shape index (κ3) is 3.74. The van der Waals surface area contributed by atoms with Gasteiger partial charge in [-0.15, -0.1) is 11.8 Å². The van der Waals surface area contributed by atoms with Gasteiger partial charge in [0.2, 0.25) is 0 Å². The molecule has 0 atom stereocenters. The molecule has 2 aromatic rings. The maximum atomic E-state index is 12.5. The molecule has 0 saturated carbocycles. The summed E-state index contributed by atoms with van der Waals surface area (Å²) in [6.45, 7) is 7.22. The summed E-state index contributed by atoms with van der Waals surface area (Å²) >= 11 is 1.55. The highest BCUT2D eigenvalue weighted by Crippen LogP contribution is 2.25. The van der Waals surface area contributed by atoms with Gasteiger partial charge in [0, 0.05) is 28.4 Å². The second-order valence-corrected chi connectivity index (χ2v) is 6.38. The van der Waals surface area contributed by atoms with E-state index in [1.54, 1.807) is 18.9 Å². The number of nitrogens with zero attached hydrogens (tertiary/aromatic N) is 1. The van der Waals surface area contributed by atoms with Crippen LogP contribution in [0.3, 0.4) is 0 Å². The smallest absolute Gasteiger partial charge is 0.174 e. The number of hydrogen-bond donors (Lipinski definition) is 0. The summed E-state index contributed by atoms with van der Waals surface area (Å²) in [5.41, 5.74) is 3.09. The molecule has 0 spiro atoms. The maximum absolute atomic E-state index is 12.5. The first kappa shape index (κ1) is 16.7. The van der Waals surface area contributed by atoms with E-state index in [1.807, 2.05) is 37.3 Å². The van der Waals surface area contributed by atoms with Crippen molar-refractivity contribution in [2.45, 2.75) is 38.6 Å². The molecule has 0 fully saturated rings. The van der Waals surface area contributed by atoms with Crippen LogP contribution in [0.25, 0.3) is 0 Å². The number of rotatable bonds is 7. The van der Waals surface area contributed by atoms with Gasteiger partial charge >= 0.3 is 0 Å². The quantitative estimate of drug-likeness (QED) is 0.556. The van der Waals surface area contributed by atoms with E-state index >= 15 is 0 Å². The van der Waals surface area contributed by atoms with Gasteiger partial charge in [0.25, 0.3) is 0 Å². The Labute approximate surface area is 136 Å². The van der Waals surface area contributed by atoms with E-state index in [9.17, 15) is 4.79 Å². The fraction of sp³-hybridized carbons (Fsp3) is 0.389. The lowest BCUT2D eigenvalue weighted by atomic mass is 10.2. The number of benzene rings is 1. The first-order valence-corrected chi connectivity index (χ1v) is 8.52. The average molecular weight is 317 g/mol. The summed E-state index contributed by atoms with van der Waals surface area (Å²) in [5, 5.41) is 0. The van der Waals surface area contributed by atoms with Crippen LogP contribution in [0.5, 0.6) is 5.75 Å². The van der Waals surface area contributed by atoms with E-state index in [1.165, 1.54) is 0 Å². The van der Waals surface area contributed by atoms with Crippen molar-refractivity contribution in [1.82, 2.24) is 4.57 Å². The Kier molecular flexibility index (Phi) is 5.72. The molecule has 0 amide bonds. The summed E-state index contributed by atoms with van der Waals surface area (Å²) in [4.78, 5) is 13.5. The largest absolute Gasteiger partial charge is 0.497 e. The Balaban J connectivity index is 2.07. The average Bonchev–Trinajstić information content (AvgIpc) is 2.81. The van der Waals surface area contributed by atoms with E-state index < -0.39 is 0 Å². The zero-order valence-electron chi connectivity index (χ0n) is 13.7. The molecule has 0 aliphatic heterocycles. The molecule has 4 heteroatoms. The zero-order valence-corrected chi connectivity index (χ0v) is 14.5. The van der Waals surface area contributed by atoms with E-state index in [-0.39, 0.29) is 5.78 Å². The number of ether oxygens (including phenoxy) is 1. The van der Waals surface area contributed by atoms with Crippen molar-refractivity contribution in [3.05, 3.63) is 47.3 Å². The molecule has 22 heavy (non-hydrogen) atoms. The highest BCUT2D eigenvalue weighted by Gasteiger charge is 2.15. The molecular formula is C18H23NO2S. The van der Waals surface area contributed by atoms with Crippen molar-refractivity contribution in [3.63, 3.8) is 0 Å². The number of ketones is 1. The Morgan fingerprint density at radius 1 is 1.27 bits per heavy atom. The molecule has 0 radical (unpaired) electrons. The minimum absolute atomic E-state index is 0.184. The third-order valence-electron chi connectivity index (χ3n) is 3.73. The van der Waals surface area contributed by atoms with E-state index in [0.717, 1.165) is 40.6 Å². The molecule has 0 aliphatic carbocycles. The normalized spacial score (nSPS) is 10.7.